The number of nitro groups is 1. The summed E-state index contributed by atoms with van der Waals surface area (Å²) >= 11 is 5.88. The molecule has 0 atom stereocenters. The number of rotatable bonds is 1. The Labute approximate surface area is 89.9 Å². The molecule has 6 heteroatoms. The van der Waals surface area contributed by atoms with Gasteiger partial charge in [-0.05, 0) is 13.0 Å². The molecule has 2 rings (SSSR count). The third kappa shape index (κ3) is 1.50. The van der Waals surface area contributed by atoms with Gasteiger partial charge in [0, 0.05) is 17.1 Å². The van der Waals surface area contributed by atoms with Gasteiger partial charge < -0.3 is 0 Å². The van der Waals surface area contributed by atoms with Crippen LogP contribution in [-0.4, -0.2) is 14.9 Å². The van der Waals surface area contributed by atoms with Gasteiger partial charge in [-0.2, -0.15) is 0 Å². The molecule has 0 aliphatic carbocycles. The molecule has 0 aliphatic rings. The molecule has 1 heterocycles. The topological polar surface area (TPSA) is 68.9 Å². The van der Waals surface area contributed by atoms with E-state index in [1.165, 1.54) is 12.5 Å². The van der Waals surface area contributed by atoms with Crippen molar-refractivity contribution in [3.63, 3.8) is 0 Å². The van der Waals surface area contributed by atoms with Crippen LogP contribution in [0.4, 0.5) is 5.69 Å². The monoisotopic (exact) mass is 223 g/mol. The van der Waals surface area contributed by atoms with Crippen LogP contribution in [0.3, 0.4) is 0 Å². The largest absolute Gasteiger partial charge is 0.299 e. The highest BCUT2D eigenvalue weighted by Crippen LogP contribution is 2.32. The first-order chi connectivity index (χ1) is 7.11. The Morgan fingerprint density at radius 2 is 2.27 bits per heavy atom. The van der Waals surface area contributed by atoms with Gasteiger partial charge in [0.2, 0.25) is 0 Å². The number of halogens is 1. The Hall–Kier alpha value is -1.75. The van der Waals surface area contributed by atoms with E-state index in [0.29, 0.717) is 21.5 Å². The predicted octanol–water partition coefficient (Wildman–Crippen LogP) is 2.50. The highest BCUT2D eigenvalue weighted by molar-refractivity contribution is 6.32. The van der Waals surface area contributed by atoms with Crippen molar-refractivity contribution in [2.45, 2.75) is 6.92 Å². The van der Waals surface area contributed by atoms with Gasteiger partial charge in [0.25, 0.3) is 5.69 Å². The highest BCUT2D eigenvalue weighted by atomic mass is 35.5. The van der Waals surface area contributed by atoms with Crippen molar-refractivity contribution in [1.82, 2.24) is 9.97 Å². The van der Waals surface area contributed by atoms with Gasteiger partial charge in [0.15, 0.2) is 5.52 Å². The number of benzene rings is 1. The summed E-state index contributed by atoms with van der Waals surface area (Å²) in [7, 11) is 0. The molecule has 1 aromatic carbocycles. The quantitative estimate of drug-likeness (QED) is 0.550. The number of nitro benzene ring substituents is 1. The maximum Gasteiger partial charge on any atom is 0.299 e. The van der Waals surface area contributed by atoms with E-state index in [1.54, 1.807) is 13.0 Å². The molecule has 0 saturated carbocycles. The lowest BCUT2D eigenvalue weighted by Crippen LogP contribution is -1.96. The van der Waals surface area contributed by atoms with E-state index < -0.39 is 4.92 Å². The van der Waals surface area contributed by atoms with Gasteiger partial charge in [-0.3, -0.25) is 10.1 Å². The first kappa shape index (κ1) is 9.79. The van der Waals surface area contributed by atoms with Gasteiger partial charge in [0.05, 0.1) is 9.95 Å². The van der Waals surface area contributed by atoms with E-state index in [2.05, 4.69) is 9.97 Å². The van der Waals surface area contributed by atoms with Crippen LogP contribution in [0.25, 0.3) is 10.9 Å². The first-order valence-corrected chi connectivity index (χ1v) is 4.52. The van der Waals surface area contributed by atoms with Crippen LogP contribution in [0.1, 0.15) is 5.56 Å². The minimum absolute atomic E-state index is 0.0556. The minimum atomic E-state index is -0.476. The summed E-state index contributed by atoms with van der Waals surface area (Å²) < 4.78 is 0. The van der Waals surface area contributed by atoms with Crippen LogP contribution < -0.4 is 0 Å². The standard InChI is InChI=1S/C9H6ClN3O2/c1-5-7(10)2-6-3-11-4-12-8(6)9(5)13(14)15/h2-4H,1H3. The summed E-state index contributed by atoms with van der Waals surface area (Å²) in [6, 6.07) is 1.62. The summed E-state index contributed by atoms with van der Waals surface area (Å²) in [5, 5.41) is 11.8. The third-order valence-electron chi connectivity index (χ3n) is 2.14. The molecule has 0 saturated heterocycles. The Morgan fingerprint density at radius 1 is 1.53 bits per heavy atom. The van der Waals surface area contributed by atoms with Gasteiger partial charge >= 0.3 is 0 Å². The number of fused-ring (bicyclic) bond motifs is 1. The van der Waals surface area contributed by atoms with E-state index in [9.17, 15) is 10.1 Å². The van der Waals surface area contributed by atoms with Crippen molar-refractivity contribution in [1.29, 1.82) is 0 Å². The zero-order valence-corrected chi connectivity index (χ0v) is 8.52. The number of nitrogens with zero attached hydrogens (tertiary/aromatic N) is 3. The lowest BCUT2D eigenvalue weighted by molar-refractivity contribution is -0.383. The molecule has 1 aromatic heterocycles. The Bertz CT molecular complexity index is 556. The SMILES string of the molecule is Cc1c(Cl)cc2cncnc2c1[N+](=O)[O-]. The molecule has 0 radical (unpaired) electrons. The molecule has 0 spiro atoms. The molecule has 0 N–H and O–H groups in total. The maximum atomic E-state index is 10.9. The second kappa shape index (κ2) is 3.43. The van der Waals surface area contributed by atoms with E-state index >= 15 is 0 Å². The fourth-order valence-electron chi connectivity index (χ4n) is 1.40. The molecule has 76 valence electrons. The normalized spacial score (nSPS) is 10.5. The van der Waals surface area contributed by atoms with Crippen LogP contribution in [0.15, 0.2) is 18.6 Å². The zero-order valence-electron chi connectivity index (χ0n) is 7.77. The molecule has 0 aliphatic heterocycles. The summed E-state index contributed by atoms with van der Waals surface area (Å²) in [5.41, 5.74) is 0.685. The molecule has 0 amide bonds. The maximum absolute atomic E-state index is 10.9. The Balaban J connectivity index is 2.95. The lowest BCUT2D eigenvalue weighted by atomic mass is 10.1. The predicted molar refractivity (Wildman–Crippen MR) is 55.9 cm³/mol. The van der Waals surface area contributed by atoms with E-state index in [0.717, 1.165) is 0 Å². The van der Waals surface area contributed by atoms with Crippen LogP contribution in [0, 0.1) is 17.0 Å². The lowest BCUT2D eigenvalue weighted by Gasteiger charge is -2.03. The van der Waals surface area contributed by atoms with Crippen molar-refractivity contribution >= 4 is 28.2 Å². The van der Waals surface area contributed by atoms with Crippen molar-refractivity contribution in [3.05, 3.63) is 39.3 Å². The van der Waals surface area contributed by atoms with Gasteiger partial charge in [-0.15, -0.1) is 0 Å². The van der Waals surface area contributed by atoms with Gasteiger partial charge in [-0.25, -0.2) is 9.97 Å². The minimum Gasteiger partial charge on any atom is -0.258 e. The van der Waals surface area contributed by atoms with Crippen LogP contribution in [0.2, 0.25) is 5.02 Å². The average molecular weight is 224 g/mol. The first-order valence-electron chi connectivity index (χ1n) is 4.14. The zero-order chi connectivity index (χ0) is 11.0. The number of hydrogen-bond donors (Lipinski definition) is 0. The van der Waals surface area contributed by atoms with Crippen molar-refractivity contribution in [3.8, 4) is 0 Å². The number of aromatic nitrogens is 2. The van der Waals surface area contributed by atoms with E-state index in [-0.39, 0.29) is 5.69 Å². The van der Waals surface area contributed by atoms with Gasteiger partial charge in [-0.1, -0.05) is 11.6 Å². The highest BCUT2D eigenvalue weighted by Gasteiger charge is 2.19. The molecule has 0 fully saturated rings. The Morgan fingerprint density at radius 3 is 2.93 bits per heavy atom. The van der Waals surface area contributed by atoms with Crippen LogP contribution in [0.5, 0.6) is 0 Å². The van der Waals surface area contributed by atoms with Crippen LogP contribution in [-0.2, 0) is 0 Å². The molecular weight excluding hydrogens is 218 g/mol. The van der Waals surface area contributed by atoms with Crippen LogP contribution >= 0.6 is 11.6 Å². The van der Waals surface area contributed by atoms with Crippen molar-refractivity contribution in [2.75, 3.05) is 0 Å². The second-order valence-electron chi connectivity index (χ2n) is 3.05. The fraction of sp³-hybridized carbons (Fsp3) is 0.111. The smallest absolute Gasteiger partial charge is 0.258 e. The molecule has 5 nitrogen and oxygen atoms in total. The van der Waals surface area contributed by atoms with Crippen molar-refractivity contribution in [2.24, 2.45) is 0 Å². The molecule has 0 bridgehead atoms. The van der Waals surface area contributed by atoms with Gasteiger partial charge in [0.1, 0.15) is 6.33 Å². The summed E-state index contributed by atoms with van der Waals surface area (Å²) in [5.74, 6) is 0. The fourth-order valence-corrected chi connectivity index (χ4v) is 1.61. The van der Waals surface area contributed by atoms with E-state index in [1.807, 2.05) is 0 Å². The second-order valence-corrected chi connectivity index (χ2v) is 3.46. The summed E-state index contributed by atoms with van der Waals surface area (Å²) in [6.07, 6.45) is 2.78. The third-order valence-corrected chi connectivity index (χ3v) is 2.54. The summed E-state index contributed by atoms with van der Waals surface area (Å²) in [6.45, 7) is 1.60. The summed E-state index contributed by atoms with van der Waals surface area (Å²) in [4.78, 5) is 18.1. The molecular formula is C9H6ClN3O2. The molecule has 0 unspecified atom stereocenters. The average Bonchev–Trinajstić information content (AvgIpc) is 2.19. The number of hydrogen-bond acceptors (Lipinski definition) is 4. The molecule has 15 heavy (non-hydrogen) atoms. The molecule has 2 aromatic rings. The Kier molecular flexibility index (Phi) is 2.24. The van der Waals surface area contributed by atoms with Crippen molar-refractivity contribution < 1.29 is 4.92 Å². The van der Waals surface area contributed by atoms with E-state index in [4.69, 9.17) is 11.6 Å².